The standard InChI is InChI=1S/C15H15NO/c1-11(17)14-7-2-3-8-15(14)13-6-4-5-12(9-13)10-16/h2-9H,10,16H2,1H3. The van der Waals surface area contributed by atoms with Crippen LogP contribution in [0.4, 0.5) is 0 Å². The molecule has 2 aromatic rings. The predicted molar refractivity (Wildman–Crippen MR) is 69.8 cm³/mol. The van der Waals surface area contributed by atoms with Gasteiger partial charge in [-0.2, -0.15) is 0 Å². The Bertz CT molecular complexity index is 546. The lowest BCUT2D eigenvalue weighted by atomic mass is 9.96. The monoisotopic (exact) mass is 225 g/mol. The van der Waals surface area contributed by atoms with Crippen LogP contribution in [0, 0.1) is 0 Å². The van der Waals surface area contributed by atoms with Crippen molar-refractivity contribution in [2.75, 3.05) is 0 Å². The molecule has 2 nitrogen and oxygen atoms in total. The number of nitrogens with two attached hydrogens (primary N) is 1. The van der Waals surface area contributed by atoms with Crippen molar-refractivity contribution in [1.82, 2.24) is 0 Å². The molecule has 0 spiro atoms. The third-order valence-electron chi connectivity index (χ3n) is 2.78. The number of carbonyl (C=O) groups is 1. The highest BCUT2D eigenvalue weighted by Crippen LogP contribution is 2.24. The van der Waals surface area contributed by atoms with Crippen molar-refractivity contribution in [1.29, 1.82) is 0 Å². The first kappa shape index (κ1) is 11.6. The molecule has 2 heteroatoms. The fourth-order valence-corrected chi connectivity index (χ4v) is 1.91. The van der Waals surface area contributed by atoms with Gasteiger partial charge in [0.1, 0.15) is 0 Å². The fourth-order valence-electron chi connectivity index (χ4n) is 1.91. The number of benzene rings is 2. The molecular formula is C15H15NO. The number of ketones is 1. The van der Waals surface area contributed by atoms with Gasteiger partial charge in [-0.05, 0) is 29.7 Å². The molecule has 0 fully saturated rings. The Balaban J connectivity index is 2.56. The fraction of sp³-hybridized carbons (Fsp3) is 0.133. The lowest BCUT2D eigenvalue weighted by molar-refractivity contribution is 0.101. The van der Waals surface area contributed by atoms with Crippen molar-refractivity contribution in [2.45, 2.75) is 13.5 Å². The zero-order valence-corrected chi connectivity index (χ0v) is 9.81. The molecule has 0 amide bonds. The number of carbonyl (C=O) groups excluding carboxylic acids is 1. The molecule has 0 aromatic heterocycles. The molecule has 2 aromatic carbocycles. The second-order valence-corrected chi connectivity index (χ2v) is 4.01. The largest absolute Gasteiger partial charge is 0.326 e. The first-order chi connectivity index (χ1) is 8.22. The molecule has 0 bridgehead atoms. The van der Waals surface area contributed by atoms with Crippen molar-refractivity contribution >= 4 is 5.78 Å². The van der Waals surface area contributed by atoms with Gasteiger partial charge >= 0.3 is 0 Å². The molecule has 0 atom stereocenters. The van der Waals surface area contributed by atoms with E-state index in [9.17, 15) is 4.79 Å². The van der Waals surface area contributed by atoms with Crippen molar-refractivity contribution in [3.05, 3.63) is 59.7 Å². The van der Waals surface area contributed by atoms with Crippen molar-refractivity contribution in [3.63, 3.8) is 0 Å². The minimum absolute atomic E-state index is 0.0822. The van der Waals surface area contributed by atoms with Crippen molar-refractivity contribution in [2.24, 2.45) is 5.73 Å². The van der Waals surface area contributed by atoms with Gasteiger partial charge < -0.3 is 5.73 Å². The van der Waals surface area contributed by atoms with Crippen LogP contribution < -0.4 is 5.73 Å². The molecule has 0 aliphatic heterocycles. The Labute approximate surface area is 101 Å². The summed E-state index contributed by atoms with van der Waals surface area (Å²) in [6, 6.07) is 15.6. The normalized spacial score (nSPS) is 10.2. The lowest BCUT2D eigenvalue weighted by Crippen LogP contribution is -1.98. The second kappa shape index (κ2) is 4.93. The van der Waals surface area contributed by atoms with Gasteiger partial charge in [0.15, 0.2) is 5.78 Å². The van der Waals surface area contributed by atoms with E-state index in [-0.39, 0.29) is 5.78 Å². The van der Waals surface area contributed by atoms with Gasteiger partial charge in [0.05, 0.1) is 0 Å². The van der Waals surface area contributed by atoms with Gasteiger partial charge in [0, 0.05) is 12.1 Å². The first-order valence-corrected chi connectivity index (χ1v) is 5.61. The summed E-state index contributed by atoms with van der Waals surface area (Å²) >= 11 is 0. The van der Waals surface area contributed by atoms with Crippen LogP contribution in [0.1, 0.15) is 22.8 Å². The molecule has 0 saturated heterocycles. The van der Waals surface area contributed by atoms with E-state index in [1.165, 1.54) is 0 Å². The molecule has 0 unspecified atom stereocenters. The number of hydrogen-bond donors (Lipinski definition) is 1. The van der Waals surface area contributed by atoms with Crippen LogP contribution >= 0.6 is 0 Å². The van der Waals surface area contributed by atoms with E-state index >= 15 is 0 Å². The maximum Gasteiger partial charge on any atom is 0.160 e. The summed E-state index contributed by atoms with van der Waals surface area (Å²) in [6.07, 6.45) is 0. The molecule has 0 saturated carbocycles. The van der Waals surface area contributed by atoms with Gasteiger partial charge in [0.25, 0.3) is 0 Å². The van der Waals surface area contributed by atoms with E-state index in [0.29, 0.717) is 6.54 Å². The Hall–Kier alpha value is -1.93. The first-order valence-electron chi connectivity index (χ1n) is 5.61. The number of rotatable bonds is 3. The molecule has 0 aliphatic carbocycles. The molecule has 86 valence electrons. The van der Waals surface area contributed by atoms with Crippen LogP contribution in [0.25, 0.3) is 11.1 Å². The average Bonchev–Trinajstić information content (AvgIpc) is 2.39. The number of hydrogen-bond acceptors (Lipinski definition) is 2. The van der Waals surface area contributed by atoms with Crippen molar-refractivity contribution < 1.29 is 4.79 Å². The third-order valence-corrected chi connectivity index (χ3v) is 2.78. The van der Waals surface area contributed by atoms with Gasteiger partial charge in [-0.3, -0.25) is 4.79 Å². The summed E-state index contributed by atoms with van der Waals surface area (Å²) in [5, 5.41) is 0. The topological polar surface area (TPSA) is 43.1 Å². The van der Waals surface area contributed by atoms with E-state index in [1.54, 1.807) is 6.92 Å². The minimum Gasteiger partial charge on any atom is -0.326 e. The predicted octanol–water partition coefficient (Wildman–Crippen LogP) is 3.01. The molecule has 17 heavy (non-hydrogen) atoms. The molecule has 0 aliphatic rings. The van der Waals surface area contributed by atoms with Crippen LogP contribution in [-0.2, 0) is 6.54 Å². The SMILES string of the molecule is CC(=O)c1ccccc1-c1cccc(CN)c1. The van der Waals surface area contributed by atoms with E-state index in [0.717, 1.165) is 22.3 Å². The second-order valence-electron chi connectivity index (χ2n) is 4.01. The van der Waals surface area contributed by atoms with Gasteiger partial charge in [-0.15, -0.1) is 0 Å². The lowest BCUT2D eigenvalue weighted by Gasteiger charge is -2.08. The summed E-state index contributed by atoms with van der Waals surface area (Å²) in [4.78, 5) is 11.6. The Kier molecular flexibility index (Phi) is 3.35. The Morgan fingerprint density at radius 1 is 1.12 bits per heavy atom. The van der Waals surface area contributed by atoms with E-state index in [2.05, 4.69) is 0 Å². The highest BCUT2D eigenvalue weighted by molar-refractivity contribution is 6.00. The zero-order chi connectivity index (χ0) is 12.3. The third kappa shape index (κ3) is 2.43. The van der Waals surface area contributed by atoms with Crippen LogP contribution in [0.3, 0.4) is 0 Å². The highest BCUT2D eigenvalue weighted by atomic mass is 16.1. The summed E-state index contributed by atoms with van der Waals surface area (Å²) in [6.45, 7) is 2.10. The van der Waals surface area contributed by atoms with Crippen LogP contribution in [-0.4, -0.2) is 5.78 Å². The maximum absolute atomic E-state index is 11.6. The van der Waals surface area contributed by atoms with Crippen LogP contribution in [0.2, 0.25) is 0 Å². The highest BCUT2D eigenvalue weighted by Gasteiger charge is 2.08. The Morgan fingerprint density at radius 2 is 1.88 bits per heavy atom. The van der Waals surface area contributed by atoms with E-state index in [1.807, 2.05) is 48.5 Å². The van der Waals surface area contributed by atoms with Crippen LogP contribution in [0.15, 0.2) is 48.5 Å². The van der Waals surface area contributed by atoms with E-state index in [4.69, 9.17) is 5.73 Å². The molecular weight excluding hydrogens is 210 g/mol. The number of Topliss-reactive ketones (excluding diaryl/α,β-unsaturated/α-hetero) is 1. The molecule has 2 rings (SSSR count). The summed E-state index contributed by atoms with van der Waals surface area (Å²) in [7, 11) is 0. The summed E-state index contributed by atoms with van der Waals surface area (Å²) in [5.74, 6) is 0.0822. The average molecular weight is 225 g/mol. The minimum atomic E-state index is 0.0822. The maximum atomic E-state index is 11.6. The van der Waals surface area contributed by atoms with Gasteiger partial charge in [-0.25, -0.2) is 0 Å². The quantitative estimate of drug-likeness (QED) is 0.816. The van der Waals surface area contributed by atoms with Gasteiger partial charge in [-0.1, -0.05) is 42.5 Å². The summed E-state index contributed by atoms with van der Waals surface area (Å²) < 4.78 is 0. The molecule has 0 heterocycles. The Morgan fingerprint density at radius 3 is 2.59 bits per heavy atom. The summed E-state index contributed by atoms with van der Waals surface area (Å²) in [5.41, 5.74) is 9.46. The van der Waals surface area contributed by atoms with Gasteiger partial charge in [0.2, 0.25) is 0 Å². The van der Waals surface area contributed by atoms with Crippen molar-refractivity contribution in [3.8, 4) is 11.1 Å². The van der Waals surface area contributed by atoms with E-state index < -0.39 is 0 Å². The zero-order valence-electron chi connectivity index (χ0n) is 9.81. The molecule has 0 radical (unpaired) electrons. The van der Waals surface area contributed by atoms with Crippen LogP contribution in [0.5, 0.6) is 0 Å². The molecule has 2 N–H and O–H groups in total. The smallest absolute Gasteiger partial charge is 0.160 e.